The van der Waals surface area contributed by atoms with Gasteiger partial charge >= 0.3 is 5.97 Å². The van der Waals surface area contributed by atoms with Gasteiger partial charge in [-0.05, 0) is 35.9 Å². The second kappa shape index (κ2) is 6.03. The molecule has 0 aliphatic rings. The molecule has 0 saturated heterocycles. The molecule has 0 radical (unpaired) electrons. The van der Waals surface area contributed by atoms with Crippen LogP contribution in [0.2, 0.25) is 5.02 Å². The van der Waals surface area contributed by atoms with Gasteiger partial charge in [-0.15, -0.1) is 0 Å². The second-order valence-corrected chi connectivity index (χ2v) is 5.01. The van der Waals surface area contributed by atoms with Gasteiger partial charge in [0.25, 0.3) is 0 Å². The van der Waals surface area contributed by atoms with Crippen LogP contribution in [0.5, 0.6) is 0 Å². The molecule has 0 fully saturated rings. The highest BCUT2D eigenvalue weighted by Crippen LogP contribution is 2.29. The predicted octanol–water partition coefficient (Wildman–Crippen LogP) is 4.33. The van der Waals surface area contributed by atoms with E-state index in [2.05, 4.69) is 9.72 Å². The summed E-state index contributed by atoms with van der Waals surface area (Å²) >= 11 is 5.96. The molecule has 0 saturated carbocycles. The first-order valence-electron chi connectivity index (χ1n) is 6.59. The van der Waals surface area contributed by atoms with Gasteiger partial charge in [0.05, 0.1) is 7.11 Å². The minimum absolute atomic E-state index is 0.417. The van der Waals surface area contributed by atoms with E-state index in [1.54, 1.807) is 24.3 Å². The number of carbonyl (C=O) groups is 1. The normalized spacial score (nSPS) is 11.2. The third kappa shape index (κ3) is 2.87. The van der Waals surface area contributed by atoms with Gasteiger partial charge in [-0.1, -0.05) is 29.8 Å². The highest BCUT2D eigenvalue weighted by Gasteiger charge is 2.11. The van der Waals surface area contributed by atoms with Crippen molar-refractivity contribution in [3.63, 3.8) is 0 Å². The van der Waals surface area contributed by atoms with E-state index in [-0.39, 0.29) is 0 Å². The number of rotatable bonds is 3. The zero-order chi connectivity index (χ0) is 15.5. The van der Waals surface area contributed by atoms with E-state index in [1.165, 1.54) is 13.2 Å². The van der Waals surface area contributed by atoms with Gasteiger partial charge in [-0.25, -0.2) is 9.78 Å². The number of carbonyl (C=O) groups excluding carboxylic acids is 1. The Labute approximate surface area is 132 Å². The van der Waals surface area contributed by atoms with Crippen molar-refractivity contribution < 1.29 is 13.9 Å². The molecule has 0 atom stereocenters. The van der Waals surface area contributed by atoms with Crippen molar-refractivity contribution in [3.05, 3.63) is 59.1 Å². The van der Waals surface area contributed by atoms with Gasteiger partial charge in [0.2, 0.25) is 5.89 Å². The molecule has 0 amide bonds. The lowest BCUT2D eigenvalue weighted by atomic mass is 10.1. The minimum atomic E-state index is -0.417. The summed E-state index contributed by atoms with van der Waals surface area (Å²) in [5.41, 5.74) is 2.95. The maximum Gasteiger partial charge on any atom is 0.330 e. The molecule has 3 aromatic rings. The molecular weight excluding hydrogens is 302 g/mol. The largest absolute Gasteiger partial charge is 0.466 e. The Morgan fingerprint density at radius 2 is 2.09 bits per heavy atom. The number of halogens is 1. The Bertz CT molecular complexity index is 867. The van der Waals surface area contributed by atoms with Gasteiger partial charge < -0.3 is 9.15 Å². The molecule has 0 bridgehead atoms. The summed E-state index contributed by atoms with van der Waals surface area (Å²) in [4.78, 5) is 15.7. The van der Waals surface area contributed by atoms with Crippen LogP contribution in [-0.4, -0.2) is 18.1 Å². The summed E-state index contributed by atoms with van der Waals surface area (Å²) in [6.45, 7) is 0. The number of hydrogen-bond acceptors (Lipinski definition) is 4. The Morgan fingerprint density at radius 3 is 2.91 bits per heavy atom. The standard InChI is InChI=1S/C17H12ClNO3/c1-21-16(20)9-6-11-4-2-3-5-13(11)17-19-14-10-12(18)7-8-15(14)22-17/h2-10H,1H3/b9-6+. The Morgan fingerprint density at radius 1 is 1.27 bits per heavy atom. The quantitative estimate of drug-likeness (QED) is 0.533. The molecule has 0 aliphatic carbocycles. The van der Waals surface area contributed by atoms with Gasteiger partial charge in [-0.2, -0.15) is 0 Å². The average molecular weight is 314 g/mol. The van der Waals surface area contributed by atoms with Crippen LogP contribution in [0, 0.1) is 0 Å². The zero-order valence-electron chi connectivity index (χ0n) is 11.7. The summed E-state index contributed by atoms with van der Waals surface area (Å²) in [7, 11) is 1.34. The highest BCUT2D eigenvalue weighted by atomic mass is 35.5. The monoisotopic (exact) mass is 313 g/mol. The molecule has 0 spiro atoms. The lowest BCUT2D eigenvalue weighted by Crippen LogP contribution is -1.93. The van der Waals surface area contributed by atoms with Gasteiger partial charge in [0.1, 0.15) is 5.52 Å². The van der Waals surface area contributed by atoms with Crippen molar-refractivity contribution in [2.45, 2.75) is 0 Å². The van der Waals surface area contributed by atoms with Crippen LogP contribution in [-0.2, 0) is 9.53 Å². The third-order valence-electron chi connectivity index (χ3n) is 3.14. The van der Waals surface area contributed by atoms with Crippen molar-refractivity contribution in [3.8, 4) is 11.5 Å². The van der Waals surface area contributed by atoms with Crippen molar-refractivity contribution in [2.24, 2.45) is 0 Å². The van der Waals surface area contributed by atoms with Gasteiger partial charge in [-0.3, -0.25) is 0 Å². The number of esters is 1. The van der Waals surface area contributed by atoms with Crippen LogP contribution in [0.15, 0.2) is 53.0 Å². The predicted molar refractivity (Wildman–Crippen MR) is 85.5 cm³/mol. The Balaban J connectivity index is 2.06. The molecule has 22 heavy (non-hydrogen) atoms. The van der Waals surface area contributed by atoms with Gasteiger partial charge in [0, 0.05) is 16.7 Å². The molecule has 110 valence electrons. The molecule has 0 N–H and O–H groups in total. The third-order valence-corrected chi connectivity index (χ3v) is 3.38. The number of methoxy groups -OCH3 is 1. The first kappa shape index (κ1) is 14.4. The minimum Gasteiger partial charge on any atom is -0.466 e. The molecular formula is C17H12ClNO3. The van der Waals surface area contributed by atoms with Crippen LogP contribution in [0.4, 0.5) is 0 Å². The summed E-state index contributed by atoms with van der Waals surface area (Å²) in [5.74, 6) is 0.0570. The number of hydrogen-bond donors (Lipinski definition) is 0. The van der Waals surface area contributed by atoms with E-state index in [0.717, 1.165) is 11.1 Å². The maximum atomic E-state index is 11.2. The van der Waals surface area contributed by atoms with E-state index < -0.39 is 5.97 Å². The maximum absolute atomic E-state index is 11.2. The Hall–Kier alpha value is -2.59. The van der Waals surface area contributed by atoms with E-state index in [0.29, 0.717) is 22.0 Å². The van der Waals surface area contributed by atoms with Gasteiger partial charge in [0.15, 0.2) is 5.58 Å². The lowest BCUT2D eigenvalue weighted by Gasteiger charge is -2.01. The van der Waals surface area contributed by atoms with E-state index in [4.69, 9.17) is 16.0 Å². The molecule has 0 aliphatic heterocycles. The SMILES string of the molecule is COC(=O)/C=C/c1ccccc1-c1nc2cc(Cl)ccc2o1. The van der Waals surface area contributed by atoms with Crippen LogP contribution < -0.4 is 0 Å². The molecule has 0 unspecified atom stereocenters. The molecule has 2 aromatic carbocycles. The summed E-state index contributed by atoms with van der Waals surface area (Å²) < 4.78 is 10.4. The lowest BCUT2D eigenvalue weighted by molar-refractivity contribution is -0.134. The van der Waals surface area contributed by atoms with E-state index >= 15 is 0 Å². The topological polar surface area (TPSA) is 52.3 Å². The molecule has 4 nitrogen and oxygen atoms in total. The van der Waals surface area contributed by atoms with Crippen molar-refractivity contribution in [1.29, 1.82) is 0 Å². The summed E-state index contributed by atoms with van der Waals surface area (Å²) in [6.07, 6.45) is 3.03. The van der Waals surface area contributed by atoms with Crippen LogP contribution in [0.3, 0.4) is 0 Å². The highest BCUT2D eigenvalue weighted by molar-refractivity contribution is 6.31. The zero-order valence-corrected chi connectivity index (χ0v) is 12.5. The summed E-state index contributed by atoms with van der Waals surface area (Å²) in [6, 6.07) is 12.8. The fraction of sp³-hybridized carbons (Fsp3) is 0.0588. The number of nitrogens with zero attached hydrogens (tertiary/aromatic N) is 1. The number of ether oxygens (including phenoxy) is 1. The first-order valence-corrected chi connectivity index (χ1v) is 6.96. The van der Waals surface area contributed by atoms with Crippen molar-refractivity contribution in [1.82, 2.24) is 4.98 Å². The molecule has 1 heterocycles. The molecule has 5 heteroatoms. The van der Waals surface area contributed by atoms with Crippen LogP contribution in [0.1, 0.15) is 5.56 Å². The number of aromatic nitrogens is 1. The number of oxazole rings is 1. The fourth-order valence-corrected chi connectivity index (χ4v) is 2.25. The second-order valence-electron chi connectivity index (χ2n) is 4.57. The number of fused-ring (bicyclic) bond motifs is 1. The van der Waals surface area contributed by atoms with E-state index in [9.17, 15) is 4.79 Å². The van der Waals surface area contributed by atoms with Crippen molar-refractivity contribution >= 4 is 34.7 Å². The van der Waals surface area contributed by atoms with Crippen LogP contribution in [0.25, 0.3) is 28.6 Å². The first-order chi connectivity index (χ1) is 10.7. The average Bonchev–Trinajstić information content (AvgIpc) is 2.95. The van der Waals surface area contributed by atoms with Crippen LogP contribution >= 0.6 is 11.6 Å². The van der Waals surface area contributed by atoms with Crippen molar-refractivity contribution in [2.75, 3.05) is 7.11 Å². The molecule has 1 aromatic heterocycles. The Kier molecular flexibility index (Phi) is 3.94. The molecule has 3 rings (SSSR count). The smallest absolute Gasteiger partial charge is 0.330 e. The number of benzene rings is 2. The van der Waals surface area contributed by atoms with E-state index in [1.807, 2.05) is 24.3 Å². The summed E-state index contributed by atoms with van der Waals surface area (Å²) in [5, 5.41) is 0.603. The fourth-order valence-electron chi connectivity index (χ4n) is 2.08.